The molecular weight excluding hydrogens is 258 g/mol. The van der Waals surface area contributed by atoms with E-state index in [9.17, 15) is 9.59 Å². The zero-order valence-corrected chi connectivity index (χ0v) is 12.2. The first kappa shape index (κ1) is 14.6. The number of amides is 2. The predicted octanol–water partition coefficient (Wildman–Crippen LogP) is 1.50. The minimum Gasteiger partial charge on any atom is -0.360 e. The second kappa shape index (κ2) is 6.07. The van der Waals surface area contributed by atoms with Gasteiger partial charge >= 0.3 is 0 Å². The highest BCUT2D eigenvalue weighted by Gasteiger charge is 2.36. The fraction of sp³-hybridized carbons (Fsp3) is 0.643. The molecule has 6 heteroatoms. The molecule has 1 N–H and O–H groups in total. The number of hydrogen-bond acceptors (Lipinski definition) is 4. The average Bonchev–Trinajstić information content (AvgIpc) is 2.94. The van der Waals surface area contributed by atoms with Crippen LogP contribution < -0.4 is 10.2 Å². The largest absolute Gasteiger partial charge is 0.360 e. The van der Waals surface area contributed by atoms with Gasteiger partial charge in [-0.25, -0.2) is 0 Å². The van der Waals surface area contributed by atoms with Gasteiger partial charge < -0.3 is 9.84 Å². The highest BCUT2D eigenvalue weighted by Crippen LogP contribution is 2.24. The van der Waals surface area contributed by atoms with E-state index in [0.717, 1.165) is 6.42 Å². The molecule has 110 valence electrons. The van der Waals surface area contributed by atoms with Gasteiger partial charge in [0.25, 0.3) is 0 Å². The summed E-state index contributed by atoms with van der Waals surface area (Å²) >= 11 is 0. The number of nitrogens with zero attached hydrogens (tertiary/aromatic N) is 2. The molecule has 2 rings (SSSR count). The lowest BCUT2D eigenvalue weighted by Gasteiger charge is -2.13. The number of aryl methyl sites for hydroxylation is 1. The maximum atomic E-state index is 12.0. The topological polar surface area (TPSA) is 75.4 Å². The van der Waals surface area contributed by atoms with Crippen molar-refractivity contribution >= 4 is 17.6 Å². The molecule has 0 radical (unpaired) electrons. The summed E-state index contributed by atoms with van der Waals surface area (Å²) < 4.78 is 4.97. The summed E-state index contributed by atoms with van der Waals surface area (Å²) in [6.45, 7) is 7.02. The monoisotopic (exact) mass is 279 g/mol. The Labute approximate surface area is 118 Å². The molecule has 0 aromatic carbocycles. The lowest BCUT2D eigenvalue weighted by atomic mass is 10.1. The van der Waals surface area contributed by atoms with Gasteiger partial charge in [0.1, 0.15) is 5.76 Å². The van der Waals surface area contributed by atoms with E-state index in [1.54, 1.807) is 13.0 Å². The molecule has 1 aliphatic heterocycles. The van der Waals surface area contributed by atoms with E-state index in [1.165, 1.54) is 4.90 Å². The van der Waals surface area contributed by atoms with E-state index in [4.69, 9.17) is 4.52 Å². The lowest BCUT2D eigenvalue weighted by Crippen LogP contribution is -2.34. The predicted molar refractivity (Wildman–Crippen MR) is 74.2 cm³/mol. The van der Waals surface area contributed by atoms with Gasteiger partial charge in [-0.05, 0) is 19.3 Å². The number of aromatic nitrogens is 1. The van der Waals surface area contributed by atoms with Crippen molar-refractivity contribution in [1.82, 2.24) is 10.5 Å². The van der Waals surface area contributed by atoms with Gasteiger partial charge in [-0.15, -0.1) is 0 Å². The molecule has 2 amide bonds. The molecule has 1 fully saturated rings. The van der Waals surface area contributed by atoms with Crippen molar-refractivity contribution in [2.75, 3.05) is 18.0 Å². The Hall–Kier alpha value is -1.85. The van der Waals surface area contributed by atoms with Crippen LogP contribution in [0.25, 0.3) is 0 Å². The molecule has 0 bridgehead atoms. The first-order valence-corrected chi connectivity index (χ1v) is 6.98. The minimum atomic E-state index is -0.299. The van der Waals surface area contributed by atoms with Gasteiger partial charge in [-0.3, -0.25) is 14.5 Å². The number of carbonyl (C=O) groups is 2. The van der Waals surface area contributed by atoms with E-state index in [1.807, 2.05) is 0 Å². The van der Waals surface area contributed by atoms with Gasteiger partial charge in [0.05, 0.1) is 5.92 Å². The molecule has 1 aliphatic rings. The first-order chi connectivity index (χ1) is 9.47. The minimum absolute atomic E-state index is 0.0540. The van der Waals surface area contributed by atoms with E-state index in [-0.39, 0.29) is 24.2 Å². The van der Waals surface area contributed by atoms with E-state index in [0.29, 0.717) is 30.6 Å². The van der Waals surface area contributed by atoms with Crippen LogP contribution in [0, 0.1) is 18.8 Å². The van der Waals surface area contributed by atoms with E-state index in [2.05, 4.69) is 24.3 Å². The lowest BCUT2D eigenvalue weighted by molar-refractivity contribution is -0.126. The van der Waals surface area contributed by atoms with Crippen LogP contribution in [0.3, 0.4) is 0 Å². The molecule has 20 heavy (non-hydrogen) atoms. The molecule has 1 unspecified atom stereocenters. The number of anilines is 1. The Morgan fingerprint density at radius 3 is 2.95 bits per heavy atom. The number of rotatable bonds is 5. The van der Waals surface area contributed by atoms with Crippen LogP contribution in [0.5, 0.6) is 0 Å². The fourth-order valence-electron chi connectivity index (χ4n) is 2.21. The molecule has 0 spiro atoms. The molecule has 1 aromatic heterocycles. The standard InChI is InChI=1S/C14H21N3O3/c1-9(2)4-5-15-14(19)11-7-13(18)17(8-11)12-6-10(3)20-16-12/h6,9,11H,4-5,7-8H2,1-3H3,(H,15,19). The van der Waals surface area contributed by atoms with Crippen LogP contribution in [0.15, 0.2) is 10.6 Å². The zero-order valence-electron chi connectivity index (χ0n) is 12.2. The van der Waals surface area contributed by atoms with E-state index < -0.39 is 0 Å². The number of nitrogens with one attached hydrogen (secondary N) is 1. The summed E-state index contributed by atoms with van der Waals surface area (Å²) in [6.07, 6.45) is 1.18. The quantitative estimate of drug-likeness (QED) is 0.886. The summed E-state index contributed by atoms with van der Waals surface area (Å²) in [6, 6.07) is 1.71. The maximum absolute atomic E-state index is 12.0. The van der Waals surface area contributed by atoms with Crippen molar-refractivity contribution in [2.24, 2.45) is 11.8 Å². The van der Waals surface area contributed by atoms with Gasteiger partial charge in [0, 0.05) is 25.6 Å². The zero-order chi connectivity index (χ0) is 14.7. The van der Waals surface area contributed by atoms with Crippen LogP contribution in [-0.2, 0) is 9.59 Å². The Morgan fingerprint density at radius 2 is 2.35 bits per heavy atom. The summed E-state index contributed by atoms with van der Waals surface area (Å²) in [5.74, 6) is 1.26. The van der Waals surface area contributed by atoms with Crippen molar-refractivity contribution in [3.05, 3.63) is 11.8 Å². The SMILES string of the molecule is Cc1cc(N2CC(C(=O)NCCC(C)C)CC2=O)no1. The van der Waals surface area contributed by atoms with Crippen molar-refractivity contribution in [3.8, 4) is 0 Å². The molecule has 0 saturated carbocycles. The molecule has 6 nitrogen and oxygen atoms in total. The normalized spacial score (nSPS) is 18.9. The molecule has 1 saturated heterocycles. The molecule has 0 aliphatic carbocycles. The highest BCUT2D eigenvalue weighted by molar-refractivity contribution is 5.99. The third-order valence-corrected chi connectivity index (χ3v) is 3.41. The summed E-state index contributed by atoms with van der Waals surface area (Å²) in [7, 11) is 0. The molecule has 2 heterocycles. The van der Waals surface area contributed by atoms with Crippen molar-refractivity contribution < 1.29 is 14.1 Å². The summed E-state index contributed by atoms with van der Waals surface area (Å²) in [5, 5.41) is 6.72. The second-order valence-electron chi connectivity index (χ2n) is 5.67. The summed E-state index contributed by atoms with van der Waals surface area (Å²) in [5.41, 5.74) is 0. The third kappa shape index (κ3) is 3.37. The van der Waals surface area contributed by atoms with Gasteiger partial charge in [-0.1, -0.05) is 19.0 Å². The van der Waals surface area contributed by atoms with Crippen LogP contribution >= 0.6 is 0 Å². The Kier molecular flexibility index (Phi) is 4.42. The van der Waals surface area contributed by atoms with Gasteiger partial charge in [-0.2, -0.15) is 0 Å². The van der Waals surface area contributed by atoms with Crippen LogP contribution in [0.4, 0.5) is 5.82 Å². The third-order valence-electron chi connectivity index (χ3n) is 3.41. The Morgan fingerprint density at radius 1 is 1.60 bits per heavy atom. The molecular formula is C14H21N3O3. The number of hydrogen-bond donors (Lipinski definition) is 1. The van der Waals surface area contributed by atoms with Crippen LogP contribution in [0.2, 0.25) is 0 Å². The molecule has 1 atom stereocenters. The van der Waals surface area contributed by atoms with Crippen molar-refractivity contribution in [2.45, 2.75) is 33.6 Å². The maximum Gasteiger partial charge on any atom is 0.229 e. The first-order valence-electron chi connectivity index (χ1n) is 6.98. The van der Waals surface area contributed by atoms with Crippen molar-refractivity contribution in [1.29, 1.82) is 0 Å². The molecule has 1 aromatic rings. The van der Waals surface area contributed by atoms with Gasteiger partial charge in [0.2, 0.25) is 11.8 Å². The van der Waals surface area contributed by atoms with E-state index >= 15 is 0 Å². The fourth-order valence-corrected chi connectivity index (χ4v) is 2.21. The van der Waals surface area contributed by atoms with Crippen LogP contribution in [0.1, 0.15) is 32.4 Å². The number of carbonyl (C=O) groups excluding carboxylic acids is 2. The highest BCUT2D eigenvalue weighted by atomic mass is 16.5. The smallest absolute Gasteiger partial charge is 0.229 e. The van der Waals surface area contributed by atoms with Crippen molar-refractivity contribution in [3.63, 3.8) is 0 Å². The van der Waals surface area contributed by atoms with Gasteiger partial charge in [0.15, 0.2) is 5.82 Å². The summed E-state index contributed by atoms with van der Waals surface area (Å²) in [4.78, 5) is 25.5. The van der Waals surface area contributed by atoms with Crippen LogP contribution in [-0.4, -0.2) is 30.1 Å². The average molecular weight is 279 g/mol. The Balaban J connectivity index is 1.90. The second-order valence-corrected chi connectivity index (χ2v) is 5.67. The Bertz CT molecular complexity index is 496.